The van der Waals surface area contributed by atoms with Crippen molar-refractivity contribution in [3.8, 4) is 17.1 Å². The lowest BCUT2D eigenvalue weighted by Crippen LogP contribution is -2.22. The van der Waals surface area contributed by atoms with E-state index in [0.29, 0.717) is 11.3 Å². The highest BCUT2D eigenvalue weighted by Crippen LogP contribution is 2.25. The Morgan fingerprint density at radius 2 is 2.00 bits per heavy atom. The Labute approximate surface area is 156 Å². The van der Waals surface area contributed by atoms with Crippen molar-refractivity contribution in [2.24, 2.45) is 0 Å². The van der Waals surface area contributed by atoms with Gasteiger partial charge in [0.05, 0.1) is 22.6 Å². The number of nitrogens with one attached hydrogen (secondary N) is 1. The van der Waals surface area contributed by atoms with Gasteiger partial charge in [-0.2, -0.15) is 5.10 Å². The number of hydrogen-bond donors (Lipinski definition) is 1. The number of hydrogen-bond acceptors (Lipinski definition) is 5. The average Bonchev–Trinajstić information content (AvgIpc) is 3.16. The second kappa shape index (κ2) is 7.45. The van der Waals surface area contributed by atoms with Crippen molar-refractivity contribution in [3.63, 3.8) is 0 Å². The van der Waals surface area contributed by atoms with Crippen LogP contribution in [0.2, 0.25) is 5.02 Å². The maximum atomic E-state index is 12.3. The summed E-state index contributed by atoms with van der Waals surface area (Å²) in [7, 11) is -0.700. The smallest absolute Gasteiger partial charge is 0.244 e. The van der Waals surface area contributed by atoms with Crippen LogP contribution in [0, 0.1) is 0 Å². The Morgan fingerprint density at radius 1 is 1.19 bits per heavy atom. The van der Waals surface area contributed by atoms with Gasteiger partial charge in [0.1, 0.15) is 17.3 Å². The molecule has 2 heterocycles. The van der Waals surface area contributed by atoms with E-state index in [-0.39, 0.29) is 16.5 Å². The van der Waals surface area contributed by atoms with Gasteiger partial charge in [-0.05, 0) is 35.9 Å². The summed E-state index contributed by atoms with van der Waals surface area (Å²) in [6, 6.07) is 10.2. The van der Waals surface area contributed by atoms with Gasteiger partial charge in [-0.1, -0.05) is 17.7 Å². The van der Waals surface area contributed by atoms with Crippen LogP contribution in [0.4, 0.5) is 0 Å². The molecule has 0 amide bonds. The first kappa shape index (κ1) is 18.4. The van der Waals surface area contributed by atoms with Crippen LogP contribution < -0.4 is 4.74 Å². The van der Waals surface area contributed by atoms with Gasteiger partial charge >= 0.3 is 0 Å². The van der Waals surface area contributed by atoms with Crippen LogP contribution in [-0.2, 0) is 16.6 Å². The van der Waals surface area contributed by atoms with Crippen molar-refractivity contribution in [2.75, 3.05) is 14.1 Å². The Kier molecular flexibility index (Phi) is 5.26. The van der Waals surface area contributed by atoms with E-state index >= 15 is 0 Å². The second-order valence-electron chi connectivity index (χ2n) is 5.69. The number of halogens is 1. The molecule has 0 spiro atoms. The first-order chi connectivity index (χ1) is 12.4. The molecule has 1 aromatic carbocycles. The Hall–Kier alpha value is -2.42. The first-order valence-corrected chi connectivity index (χ1v) is 9.49. The Balaban J connectivity index is 1.74. The SMILES string of the molecule is CN(C)S(=O)(=O)c1cc(COc2ccc(-c3ccn[nH]3)nc2)ccc1Cl. The highest BCUT2D eigenvalue weighted by Gasteiger charge is 2.21. The highest BCUT2D eigenvalue weighted by molar-refractivity contribution is 7.89. The number of rotatable bonds is 6. The van der Waals surface area contributed by atoms with Crippen LogP contribution in [0.25, 0.3) is 11.4 Å². The summed E-state index contributed by atoms with van der Waals surface area (Å²) in [6.45, 7) is 0.193. The van der Waals surface area contributed by atoms with Gasteiger partial charge in [0.25, 0.3) is 0 Å². The van der Waals surface area contributed by atoms with E-state index in [0.717, 1.165) is 15.7 Å². The fourth-order valence-corrected chi connectivity index (χ4v) is 3.64. The molecule has 0 atom stereocenters. The minimum absolute atomic E-state index is 0.0537. The van der Waals surface area contributed by atoms with Crippen LogP contribution in [0.3, 0.4) is 0 Å². The molecule has 1 N–H and O–H groups in total. The van der Waals surface area contributed by atoms with E-state index in [4.69, 9.17) is 16.3 Å². The number of ether oxygens (including phenoxy) is 1. The molecule has 0 aliphatic heterocycles. The van der Waals surface area contributed by atoms with Crippen LogP contribution in [-0.4, -0.2) is 42.0 Å². The van der Waals surface area contributed by atoms with E-state index in [1.54, 1.807) is 30.6 Å². The van der Waals surface area contributed by atoms with Gasteiger partial charge in [0.15, 0.2) is 0 Å². The maximum absolute atomic E-state index is 12.3. The van der Waals surface area contributed by atoms with Crippen molar-refractivity contribution < 1.29 is 13.2 Å². The zero-order chi connectivity index (χ0) is 18.7. The maximum Gasteiger partial charge on any atom is 0.244 e. The number of nitrogens with zero attached hydrogens (tertiary/aromatic N) is 3. The van der Waals surface area contributed by atoms with Crippen LogP contribution >= 0.6 is 11.6 Å². The van der Waals surface area contributed by atoms with Crippen molar-refractivity contribution in [1.29, 1.82) is 0 Å². The van der Waals surface area contributed by atoms with Gasteiger partial charge in [-0.15, -0.1) is 0 Å². The fraction of sp³-hybridized carbons (Fsp3) is 0.176. The van der Waals surface area contributed by atoms with Crippen molar-refractivity contribution in [2.45, 2.75) is 11.5 Å². The normalized spacial score (nSPS) is 11.7. The summed E-state index contributed by atoms with van der Waals surface area (Å²) in [4.78, 5) is 4.36. The van der Waals surface area contributed by atoms with E-state index in [2.05, 4.69) is 15.2 Å². The molecule has 0 fully saturated rings. The third-order valence-corrected chi connectivity index (χ3v) is 5.97. The summed E-state index contributed by atoms with van der Waals surface area (Å²) in [5.41, 5.74) is 2.25. The standard InChI is InChI=1S/C17H17ClN4O3S/c1-22(2)26(23,24)17-9-12(3-5-14(17)18)11-25-13-4-6-15(19-10-13)16-7-8-20-21-16/h3-10H,11H2,1-2H3,(H,20,21). The molecule has 0 unspecified atom stereocenters. The molecule has 0 saturated carbocycles. The number of aromatic amines is 1. The summed E-state index contributed by atoms with van der Waals surface area (Å²) < 4.78 is 31.4. The molecule has 9 heteroatoms. The van der Waals surface area contributed by atoms with Crippen molar-refractivity contribution >= 4 is 21.6 Å². The monoisotopic (exact) mass is 392 g/mol. The number of sulfonamides is 1. The minimum Gasteiger partial charge on any atom is -0.487 e. The molecule has 3 rings (SSSR count). The molecule has 7 nitrogen and oxygen atoms in total. The van der Waals surface area contributed by atoms with Gasteiger partial charge < -0.3 is 4.74 Å². The van der Waals surface area contributed by atoms with E-state index in [1.165, 1.54) is 20.2 Å². The predicted octanol–water partition coefficient (Wildman–Crippen LogP) is 2.95. The third kappa shape index (κ3) is 3.87. The zero-order valence-corrected chi connectivity index (χ0v) is 15.8. The largest absolute Gasteiger partial charge is 0.487 e. The highest BCUT2D eigenvalue weighted by atomic mass is 35.5. The second-order valence-corrected chi connectivity index (χ2v) is 8.22. The number of aromatic nitrogens is 3. The lowest BCUT2D eigenvalue weighted by atomic mass is 10.2. The number of benzene rings is 1. The van der Waals surface area contributed by atoms with Gasteiger partial charge in [0.2, 0.25) is 10.0 Å². The Bertz CT molecular complexity index is 987. The fourth-order valence-electron chi connectivity index (χ4n) is 2.22. The van der Waals surface area contributed by atoms with Gasteiger partial charge in [0, 0.05) is 20.3 Å². The van der Waals surface area contributed by atoms with Crippen molar-refractivity contribution in [1.82, 2.24) is 19.5 Å². The molecule has 0 aliphatic rings. The molecule has 3 aromatic rings. The molecular formula is C17H17ClN4O3S. The molecular weight excluding hydrogens is 376 g/mol. The molecule has 0 radical (unpaired) electrons. The minimum atomic E-state index is -3.62. The van der Waals surface area contributed by atoms with E-state index in [9.17, 15) is 8.42 Å². The third-order valence-electron chi connectivity index (χ3n) is 3.67. The average molecular weight is 393 g/mol. The van der Waals surface area contributed by atoms with Crippen LogP contribution in [0.1, 0.15) is 5.56 Å². The van der Waals surface area contributed by atoms with Crippen LogP contribution in [0.15, 0.2) is 53.7 Å². The molecule has 136 valence electrons. The topological polar surface area (TPSA) is 88.2 Å². The first-order valence-electron chi connectivity index (χ1n) is 7.67. The molecule has 0 bridgehead atoms. The van der Waals surface area contributed by atoms with Crippen LogP contribution in [0.5, 0.6) is 5.75 Å². The number of H-pyrrole nitrogens is 1. The Morgan fingerprint density at radius 3 is 2.62 bits per heavy atom. The van der Waals surface area contributed by atoms with Crippen molar-refractivity contribution in [3.05, 3.63) is 59.4 Å². The van der Waals surface area contributed by atoms with Gasteiger partial charge in [-0.25, -0.2) is 12.7 Å². The molecule has 26 heavy (non-hydrogen) atoms. The summed E-state index contributed by atoms with van der Waals surface area (Å²) in [6.07, 6.45) is 3.25. The molecule has 0 saturated heterocycles. The number of pyridine rings is 1. The quantitative estimate of drug-likeness (QED) is 0.696. The molecule has 0 aliphatic carbocycles. The lowest BCUT2D eigenvalue weighted by Gasteiger charge is -2.14. The molecule has 2 aromatic heterocycles. The summed E-state index contributed by atoms with van der Waals surface area (Å²) in [5, 5.41) is 6.90. The van der Waals surface area contributed by atoms with E-state index in [1.807, 2.05) is 12.1 Å². The zero-order valence-electron chi connectivity index (χ0n) is 14.2. The van der Waals surface area contributed by atoms with E-state index < -0.39 is 10.0 Å². The summed E-state index contributed by atoms with van der Waals surface area (Å²) >= 11 is 6.04. The summed E-state index contributed by atoms with van der Waals surface area (Å²) in [5.74, 6) is 0.570. The lowest BCUT2D eigenvalue weighted by molar-refractivity contribution is 0.304. The predicted molar refractivity (Wildman–Crippen MR) is 98.5 cm³/mol. The van der Waals surface area contributed by atoms with Gasteiger partial charge in [-0.3, -0.25) is 10.1 Å².